The van der Waals surface area contributed by atoms with Gasteiger partial charge in [-0.05, 0) is 24.6 Å². The van der Waals surface area contributed by atoms with Crippen molar-refractivity contribution in [1.29, 1.82) is 0 Å². The number of hydrogen-bond donors (Lipinski definition) is 2. The van der Waals surface area contributed by atoms with Gasteiger partial charge in [-0.2, -0.15) is 0 Å². The summed E-state index contributed by atoms with van der Waals surface area (Å²) in [5, 5.41) is 8.78. The first-order valence-corrected chi connectivity index (χ1v) is 4.82. The topological polar surface area (TPSA) is 49.5 Å². The minimum absolute atomic E-state index is 0.0761. The van der Waals surface area contributed by atoms with Gasteiger partial charge < -0.3 is 15.7 Å². The molecule has 0 fully saturated rings. The van der Waals surface area contributed by atoms with Gasteiger partial charge in [-0.15, -0.1) is 0 Å². The molecular weight excluding hydrogens is 176 g/mol. The van der Waals surface area contributed by atoms with Crippen LogP contribution in [-0.4, -0.2) is 25.3 Å². The summed E-state index contributed by atoms with van der Waals surface area (Å²) in [6.45, 7) is 2.79. The molecule has 3 nitrogen and oxygen atoms in total. The predicted octanol–water partition coefficient (Wildman–Crippen LogP) is 1.13. The van der Waals surface area contributed by atoms with Crippen LogP contribution in [-0.2, 0) is 0 Å². The van der Waals surface area contributed by atoms with Crippen molar-refractivity contribution < 1.29 is 5.11 Å². The molecule has 0 spiro atoms. The van der Waals surface area contributed by atoms with E-state index in [1.165, 1.54) is 0 Å². The van der Waals surface area contributed by atoms with E-state index in [9.17, 15) is 0 Å². The van der Waals surface area contributed by atoms with E-state index in [0.717, 1.165) is 11.3 Å². The lowest BCUT2D eigenvalue weighted by Crippen LogP contribution is -2.21. The number of anilines is 1. The Morgan fingerprint density at radius 3 is 2.36 bits per heavy atom. The van der Waals surface area contributed by atoms with Gasteiger partial charge in [-0.25, -0.2) is 0 Å². The SMILES string of the molecule is C[C@H](N)c1ccc(N(C)CCO)cc1. The second-order valence-corrected chi connectivity index (χ2v) is 3.53. The zero-order valence-corrected chi connectivity index (χ0v) is 8.77. The zero-order chi connectivity index (χ0) is 10.6. The normalized spacial score (nSPS) is 12.6. The minimum Gasteiger partial charge on any atom is -0.395 e. The van der Waals surface area contributed by atoms with E-state index < -0.39 is 0 Å². The molecule has 0 aliphatic rings. The standard InChI is InChI=1S/C11H18N2O/c1-9(12)10-3-5-11(6-4-10)13(2)7-8-14/h3-6,9,14H,7-8,12H2,1-2H3/t9-/m0/s1. The summed E-state index contributed by atoms with van der Waals surface area (Å²) in [6, 6.07) is 8.16. The first-order valence-electron chi connectivity index (χ1n) is 4.82. The summed E-state index contributed by atoms with van der Waals surface area (Å²) >= 11 is 0. The molecule has 0 bridgehead atoms. The molecule has 0 radical (unpaired) electrons. The quantitative estimate of drug-likeness (QED) is 0.755. The van der Waals surface area contributed by atoms with E-state index in [2.05, 4.69) is 0 Å². The molecule has 0 aromatic heterocycles. The third-order valence-corrected chi connectivity index (χ3v) is 2.30. The Morgan fingerprint density at radius 1 is 1.36 bits per heavy atom. The highest BCUT2D eigenvalue weighted by Gasteiger charge is 2.01. The lowest BCUT2D eigenvalue weighted by Gasteiger charge is -2.18. The van der Waals surface area contributed by atoms with Gasteiger partial charge in [-0.1, -0.05) is 12.1 Å². The molecule has 14 heavy (non-hydrogen) atoms. The van der Waals surface area contributed by atoms with E-state index >= 15 is 0 Å². The van der Waals surface area contributed by atoms with Gasteiger partial charge in [0.15, 0.2) is 0 Å². The zero-order valence-electron chi connectivity index (χ0n) is 8.77. The molecule has 0 heterocycles. The fourth-order valence-electron chi connectivity index (χ4n) is 1.31. The van der Waals surface area contributed by atoms with Gasteiger partial charge in [0.25, 0.3) is 0 Å². The molecule has 1 aromatic rings. The molecule has 1 atom stereocenters. The molecule has 78 valence electrons. The highest BCUT2D eigenvalue weighted by molar-refractivity contribution is 5.47. The van der Waals surface area contributed by atoms with Crippen molar-refractivity contribution in [3.05, 3.63) is 29.8 Å². The number of rotatable bonds is 4. The molecule has 0 saturated carbocycles. The van der Waals surface area contributed by atoms with Crippen LogP contribution in [0.15, 0.2) is 24.3 Å². The number of nitrogens with two attached hydrogens (primary N) is 1. The maximum atomic E-state index is 8.78. The van der Waals surface area contributed by atoms with Gasteiger partial charge in [0.2, 0.25) is 0 Å². The average Bonchev–Trinajstić information content (AvgIpc) is 2.18. The van der Waals surface area contributed by atoms with Gasteiger partial charge in [0.05, 0.1) is 6.61 Å². The highest BCUT2D eigenvalue weighted by atomic mass is 16.3. The molecule has 0 amide bonds. The lowest BCUT2D eigenvalue weighted by molar-refractivity contribution is 0.304. The summed E-state index contributed by atoms with van der Waals surface area (Å²) in [5.41, 5.74) is 7.98. The Balaban J connectivity index is 2.72. The van der Waals surface area contributed by atoms with Crippen molar-refractivity contribution in [1.82, 2.24) is 0 Å². The fraction of sp³-hybridized carbons (Fsp3) is 0.455. The smallest absolute Gasteiger partial charge is 0.0606 e. The van der Waals surface area contributed by atoms with Crippen LogP contribution in [0.1, 0.15) is 18.5 Å². The summed E-state index contributed by atoms with van der Waals surface area (Å²) in [7, 11) is 1.96. The summed E-state index contributed by atoms with van der Waals surface area (Å²) in [6.07, 6.45) is 0. The Morgan fingerprint density at radius 2 is 1.93 bits per heavy atom. The molecular formula is C11H18N2O. The molecule has 0 aliphatic carbocycles. The minimum atomic E-state index is 0.0761. The molecule has 0 aliphatic heterocycles. The number of nitrogens with zero attached hydrogens (tertiary/aromatic N) is 1. The van der Waals surface area contributed by atoms with Crippen molar-refractivity contribution in [2.24, 2.45) is 5.73 Å². The Hall–Kier alpha value is -1.06. The van der Waals surface area contributed by atoms with Crippen LogP contribution in [0.25, 0.3) is 0 Å². The maximum absolute atomic E-state index is 8.78. The maximum Gasteiger partial charge on any atom is 0.0606 e. The molecule has 0 saturated heterocycles. The van der Waals surface area contributed by atoms with Crippen LogP contribution in [0.5, 0.6) is 0 Å². The summed E-state index contributed by atoms with van der Waals surface area (Å²) in [4.78, 5) is 2.00. The van der Waals surface area contributed by atoms with Crippen LogP contribution in [0, 0.1) is 0 Å². The van der Waals surface area contributed by atoms with E-state index in [0.29, 0.717) is 6.54 Å². The lowest BCUT2D eigenvalue weighted by atomic mass is 10.1. The molecule has 1 rings (SSSR count). The number of aliphatic hydroxyl groups excluding tert-OH is 1. The predicted molar refractivity (Wildman–Crippen MR) is 59.4 cm³/mol. The van der Waals surface area contributed by atoms with Crippen LogP contribution in [0.3, 0.4) is 0 Å². The van der Waals surface area contributed by atoms with Crippen LogP contribution < -0.4 is 10.6 Å². The van der Waals surface area contributed by atoms with Crippen molar-refractivity contribution >= 4 is 5.69 Å². The van der Waals surface area contributed by atoms with E-state index in [-0.39, 0.29) is 12.6 Å². The van der Waals surface area contributed by atoms with Crippen molar-refractivity contribution in [2.75, 3.05) is 25.1 Å². The van der Waals surface area contributed by atoms with E-state index in [1.54, 1.807) is 0 Å². The number of benzene rings is 1. The van der Waals surface area contributed by atoms with Crippen LogP contribution >= 0.6 is 0 Å². The third kappa shape index (κ3) is 2.72. The highest BCUT2D eigenvalue weighted by Crippen LogP contribution is 2.16. The molecule has 3 N–H and O–H groups in total. The second kappa shape index (κ2) is 4.98. The number of likely N-dealkylation sites (N-methyl/N-ethyl adjacent to an activating group) is 1. The Kier molecular flexibility index (Phi) is 3.92. The number of hydrogen-bond acceptors (Lipinski definition) is 3. The van der Waals surface area contributed by atoms with Crippen molar-refractivity contribution in [3.63, 3.8) is 0 Å². The van der Waals surface area contributed by atoms with E-state index in [4.69, 9.17) is 10.8 Å². The molecule has 3 heteroatoms. The van der Waals surface area contributed by atoms with Gasteiger partial charge in [0.1, 0.15) is 0 Å². The monoisotopic (exact) mass is 194 g/mol. The van der Waals surface area contributed by atoms with Crippen molar-refractivity contribution in [2.45, 2.75) is 13.0 Å². The van der Waals surface area contributed by atoms with Gasteiger partial charge in [-0.3, -0.25) is 0 Å². The summed E-state index contributed by atoms with van der Waals surface area (Å²) < 4.78 is 0. The molecule has 0 unspecified atom stereocenters. The second-order valence-electron chi connectivity index (χ2n) is 3.53. The number of aliphatic hydroxyl groups is 1. The van der Waals surface area contributed by atoms with Gasteiger partial charge in [0, 0.05) is 25.3 Å². The Bertz CT molecular complexity index is 269. The Labute approximate surface area is 85.2 Å². The van der Waals surface area contributed by atoms with E-state index in [1.807, 2.05) is 43.1 Å². The van der Waals surface area contributed by atoms with Gasteiger partial charge >= 0.3 is 0 Å². The largest absolute Gasteiger partial charge is 0.395 e. The average molecular weight is 194 g/mol. The first kappa shape index (κ1) is 11.0. The third-order valence-electron chi connectivity index (χ3n) is 2.30. The van der Waals surface area contributed by atoms with Crippen molar-refractivity contribution in [3.8, 4) is 0 Å². The van der Waals surface area contributed by atoms with Crippen LogP contribution in [0.4, 0.5) is 5.69 Å². The summed E-state index contributed by atoms with van der Waals surface area (Å²) in [5.74, 6) is 0. The first-order chi connectivity index (χ1) is 6.65. The molecule has 1 aromatic carbocycles. The van der Waals surface area contributed by atoms with Crippen LogP contribution in [0.2, 0.25) is 0 Å². The fourth-order valence-corrected chi connectivity index (χ4v) is 1.31.